The van der Waals surface area contributed by atoms with E-state index in [2.05, 4.69) is 30.1 Å². The van der Waals surface area contributed by atoms with Gasteiger partial charge in [-0.2, -0.15) is 0 Å². The number of likely N-dealkylation sites (N-methyl/N-ethyl adjacent to an activating group) is 1. The van der Waals surface area contributed by atoms with Crippen LogP contribution in [-0.2, 0) is 9.59 Å². The Morgan fingerprint density at radius 3 is 2.56 bits per heavy atom. The normalized spacial score (nSPS) is 15.9. The van der Waals surface area contributed by atoms with E-state index in [9.17, 15) is 9.59 Å². The van der Waals surface area contributed by atoms with E-state index < -0.39 is 0 Å². The van der Waals surface area contributed by atoms with Crippen LogP contribution in [0.25, 0.3) is 6.08 Å². The number of rotatable bonds is 9. The van der Waals surface area contributed by atoms with E-state index in [4.69, 9.17) is 4.74 Å². The van der Waals surface area contributed by atoms with Crippen molar-refractivity contribution in [3.05, 3.63) is 71.4 Å². The summed E-state index contributed by atoms with van der Waals surface area (Å²) in [4.78, 5) is 29.2. The number of nitrogens with zero attached hydrogens (tertiary/aromatic N) is 2. The first-order valence-corrected chi connectivity index (χ1v) is 11.2. The highest BCUT2D eigenvalue weighted by molar-refractivity contribution is 5.81. The van der Waals surface area contributed by atoms with Crippen LogP contribution in [0.3, 0.4) is 0 Å². The molecule has 2 amide bonds. The zero-order chi connectivity index (χ0) is 23.1. The van der Waals surface area contributed by atoms with Gasteiger partial charge in [0.05, 0.1) is 25.6 Å². The van der Waals surface area contributed by atoms with Gasteiger partial charge in [0.1, 0.15) is 5.75 Å². The third-order valence-electron chi connectivity index (χ3n) is 6.07. The van der Waals surface area contributed by atoms with Gasteiger partial charge in [-0.05, 0) is 48.0 Å². The monoisotopic (exact) mass is 435 g/mol. The number of ether oxygens (including phenoxy) is 1. The van der Waals surface area contributed by atoms with Gasteiger partial charge in [0.2, 0.25) is 11.8 Å². The van der Waals surface area contributed by atoms with Crippen molar-refractivity contribution in [2.45, 2.75) is 39.3 Å². The van der Waals surface area contributed by atoms with E-state index in [1.54, 1.807) is 18.2 Å². The molecule has 6 nitrogen and oxygen atoms in total. The van der Waals surface area contributed by atoms with E-state index in [0.717, 1.165) is 35.5 Å². The maximum atomic E-state index is 13.0. The molecule has 2 aromatic rings. The van der Waals surface area contributed by atoms with Crippen molar-refractivity contribution in [3.63, 3.8) is 0 Å². The van der Waals surface area contributed by atoms with E-state index in [1.165, 1.54) is 6.92 Å². The molecule has 0 fully saturated rings. The average Bonchev–Trinajstić information content (AvgIpc) is 2.81. The van der Waals surface area contributed by atoms with E-state index >= 15 is 0 Å². The van der Waals surface area contributed by atoms with Crippen molar-refractivity contribution in [1.29, 1.82) is 0 Å². The highest BCUT2D eigenvalue weighted by Gasteiger charge is 2.28. The maximum absolute atomic E-state index is 13.0. The molecule has 3 rings (SSSR count). The third-order valence-corrected chi connectivity index (χ3v) is 6.07. The third kappa shape index (κ3) is 5.37. The van der Waals surface area contributed by atoms with Crippen molar-refractivity contribution in [2.24, 2.45) is 0 Å². The van der Waals surface area contributed by atoms with Crippen LogP contribution in [0.2, 0.25) is 0 Å². The molecule has 170 valence electrons. The number of hydrogen-bond donors (Lipinski definition) is 1. The molecule has 1 aliphatic rings. The van der Waals surface area contributed by atoms with E-state index in [0.29, 0.717) is 6.54 Å². The van der Waals surface area contributed by atoms with Gasteiger partial charge in [-0.3, -0.25) is 14.5 Å². The Hall–Kier alpha value is -3.12. The lowest BCUT2D eigenvalue weighted by Crippen LogP contribution is -2.40. The molecule has 0 radical (unpaired) electrons. The van der Waals surface area contributed by atoms with Crippen molar-refractivity contribution < 1.29 is 14.3 Å². The molecular formula is C26H33N3O3. The molecule has 0 aliphatic carbocycles. The fourth-order valence-corrected chi connectivity index (χ4v) is 4.34. The smallest absolute Gasteiger partial charge is 0.223 e. The molecule has 0 saturated heterocycles. The van der Waals surface area contributed by atoms with Crippen LogP contribution in [0, 0.1) is 0 Å². The summed E-state index contributed by atoms with van der Waals surface area (Å²) in [5.74, 6) is 0.644. The first kappa shape index (κ1) is 23.5. The van der Waals surface area contributed by atoms with Crippen molar-refractivity contribution in [1.82, 2.24) is 15.1 Å². The molecule has 1 N–H and O–H groups in total. The summed E-state index contributed by atoms with van der Waals surface area (Å²) in [5.41, 5.74) is 3.14. The lowest BCUT2D eigenvalue weighted by Gasteiger charge is -2.33. The fraction of sp³-hybridized carbons (Fsp3) is 0.385. The number of amides is 2. The predicted octanol–water partition coefficient (Wildman–Crippen LogP) is 4.16. The molecule has 0 spiro atoms. The van der Waals surface area contributed by atoms with E-state index in [1.807, 2.05) is 48.5 Å². The van der Waals surface area contributed by atoms with Gasteiger partial charge in [-0.1, -0.05) is 50.2 Å². The molecule has 1 heterocycles. The molecule has 2 atom stereocenters. The number of hydrogen-bond acceptors (Lipinski definition) is 4. The number of fused-ring (bicyclic) bond motifs is 1. The van der Waals surface area contributed by atoms with Gasteiger partial charge in [-0.25, -0.2) is 0 Å². The standard InChI is InChI=1S/C26H33N3O3/c1-5-28(6-2)25(21-11-9-12-22(16-21)32-4)18-27-26(31)17-24-23-13-8-7-10-20(23)14-15-29(24)19(3)30/h7-16,24-25H,5-6,17-18H2,1-4H3,(H,27,31)/t24-,25-/m1/s1. The lowest BCUT2D eigenvalue weighted by atomic mass is 9.93. The molecule has 0 aromatic heterocycles. The predicted molar refractivity (Wildman–Crippen MR) is 127 cm³/mol. The average molecular weight is 436 g/mol. The summed E-state index contributed by atoms with van der Waals surface area (Å²) in [6.45, 7) is 7.99. The number of benzene rings is 2. The topological polar surface area (TPSA) is 61.9 Å². The number of carbonyl (C=O) groups excluding carboxylic acids is 2. The first-order chi connectivity index (χ1) is 15.5. The Labute approximate surface area is 190 Å². The van der Waals surface area contributed by atoms with Crippen molar-refractivity contribution >= 4 is 17.9 Å². The molecular weight excluding hydrogens is 402 g/mol. The van der Waals surface area contributed by atoms with Gasteiger partial charge in [0, 0.05) is 19.7 Å². The molecule has 2 aromatic carbocycles. The Morgan fingerprint density at radius 2 is 1.88 bits per heavy atom. The molecule has 6 heteroatoms. The summed E-state index contributed by atoms with van der Waals surface area (Å²) < 4.78 is 5.40. The quantitative estimate of drug-likeness (QED) is 0.643. The SMILES string of the molecule is CCN(CC)[C@H](CNC(=O)C[C@@H]1c2ccccc2C=CN1C(C)=O)c1cccc(OC)c1. The summed E-state index contributed by atoms with van der Waals surface area (Å²) in [5, 5.41) is 3.12. The largest absolute Gasteiger partial charge is 0.497 e. The second-order valence-electron chi connectivity index (χ2n) is 7.91. The van der Waals surface area contributed by atoms with Crippen LogP contribution in [0.5, 0.6) is 5.75 Å². The summed E-state index contributed by atoms with van der Waals surface area (Å²) >= 11 is 0. The zero-order valence-corrected chi connectivity index (χ0v) is 19.4. The van der Waals surface area contributed by atoms with E-state index in [-0.39, 0.29) is 30.3 Å². The molecule has 0 bridgehead atoms. The van der Waals surface area contributed by atoms with Crippen LogP contribution in [0.15, 0.2) is 54.7 Å². The second-order valence-corrected chi connectivity index (χ2v) is 7.91. The minimum atomic E-state index is -0.308. The Morgan fingerprint density at radius 1 is 1.12 bits per heavy atom. The van der Waals surface area contributed by atoms with Crippen molar-refractivity contribution in [2.75, 3.05) is 26.7 Å². The number of methoxy groups -OCH3 is 1. The Bertz CT molecular complexity index is 968. The number of carbonyl (C=O) groups is 2. The fourth-order valence-electron chi connectivity index (χ4n) is 4.34. The van der Waals surface area contributed by atoms with Gasteiger partial charge < -0.3 is 15.0 Å². The summed E-state index contributed by atoms with van der Waals surface area (Å²) in [6, 6.07) is 15.6. The Balaban J connectivity index is 1.75. The highest BCUT2D eigenvalue weighted by atomic mass is 16.5. The molecule has 32 heavy (non-hydrogen) atoms. The van der Waals surface area contributed by atoms with Crippen LogP contribution >= 0.6 is 0 Å². The number of nitrogens with one attached hydrogen (secondary N) is 1. The van der Waals surface area contributed by atoms with Gasteiger partial charge in [-0.15, -0.1) is 0 Å². The molecule has 0 unspecified atom stereocenters. The van der Waals surface area contributed by atoms with Gasteiger partial charge in [0.15, 0.2) is 0 Å². The van der Waals surface area contributed by atoms with Crippen LogP contribution in [-0.4, -0.2) is 48.4 Å². The minimum Gasteiger partial charge on any atom is -0.497 e. The summed E-state index contributed by atoms with van der Waals surface area (Å²) in [7, 11) is 1.66. The Kier molecular flexibility index (Phi) is 8.06. The first-order valence-electron chi connectivity index (χ1n) is 11.2. The van der Waals surface area contributed by atoms with Crippen LogP contribution < -0.4 is 10.1 Å². The lowest BCUT2D eigenvalue weighted by molar-refractivity contribution is -0.130. The van der Waals surface area contributed by atoms with Crippen molar-refractivity contribution in [3.8, 4) is 5.75 Å². The zero-order valence-electron chi connectivity index (χ0n) is 19.4. The molecule has 1 aliphatic heterocycles. The molecule has 0 saturated carbocycles. The van der Waals surface area contributed by atoms with Gasteiger partial charge in [0.25, 0.3) is 0 Å². The maximum Gasteiger partial charge on any atom is 0.223 e. The van der Waals surface area contributed by atoms with Gasteiger partial charge >= 0.3 is 0 Å². The highest BCUT2D eigenvalue weighted by Crippen LogP contribution is 2.33. The summed E-state index contributed by atoms with van der Waals surface area (Å²) in [6.07, 6.45) is 3.91. The minimum absolute atomic E-state index is 0.0338. The van der Waals surface area contributed by atoms with Crippen LogP contribution in [0.1, 0.15) is 56.0 Å². The second kappa shape index (κ2) is 11.0. The van der Waals surface area contributed by atoms with Crippen LogP contribution in [0.4, 0.5) is 0 Å².